The summed E-state index contributed by atoms with van der Waals surface area (Å²) in [6.07, 6.45) is 0.849. The quantitative estimate of drug-likeness (QED) is 0.218. The summed E-state index contributed by atoms with van der Waals surface area (Å²) >= 11 is 0. The Morgan fingerprint density at radius 2 is 1.56 bits per heavy atom. The second kappa shape index (κ2) is 11.4. The van der Waals surface area contributed by atoms with Crippen LogP contribution >= 0.6 is 0 Å². The van der Waals surface area contributed by atoms with Crippen LogP contribution in [-0.4, -0.2) is 53.5 Å². The number of carbonyl (C=O) groups excluding carboxylic acids is 3. The van der Waals surface area contributed by atoms with E-state index < -0.39 is 48.2 Å². The Kier molecular flexibility index (Phi) is 10.4. The van der Waals surface area contributed by atoms with Gasteiger partial charge in [0.15, 0.2) is 0 Å². The van der Waals surface area contributed by atoms with E-state index >= 15 is 0 Å². The van der Waals surface area contributed by atoms with E-state index in [2.05, 4.69) is 10.6 Å². The smallest absolute Gasteiger partial charge is 0.326 e. The Hall–Kier alpha value is -2.20. The number of hydrogen-bond acceptors (Lipinski definition) is 6. The molecular formula is C15H29N5O5. The minimum Gasteiger partial charge on any atom is -0.480 e. The number of amides is 3. The molecule has 0 aliphatic rings. The molecule has 0 aromatic heterocycles. The van der Waals surface area contributed by atoms with Crippen LogP contribution in [0, 0.1) is 5.92 Å². The van der Waals surface area contributed by atoms with Gasteiger partial charge < -0.3 is 32.9 Å². The maximum Gasteiger partial charge on any atom is 0.326 e. The van der Waals surface area contributed by atoms with Gasteiger partial charge in [0.25, 0.3) is 0 Å². The molecule has 10 nitrogen and oxygen atoms in total. The molecule has 0 aliphatic heterocycles. The largest absolute Gasteiger partial charge is 0.480 e. The highest BCUT2D eigenvalue weighted by molar-refractivity contribution is 5.94. The van der Waals surface area contributed by atoms with Gasteiger partial charge in [-0.15, -0.1) is 0 Å². The van der Waals surface area contributed by atoms with E-state index in [1.807, 2.05) is 0 Å². The van der Waals surface area contributed by atoms with Crippen LogP contribution in [0.15, 0.2) is 0 Å². The summed E-state index contributed by atoms with van der Waals surface area (Å²) in [5.74, 6) is -3.63. The Morgan fingerprint density at radius 1 is 1.00 bits per heavy atom. The molecule has 3 atom stereocenters. The molecule has 0 rings (SSSR count). The summed E-state index contributed by atoms with van der Waals surface area (Å²) in [7, 11) is 0. The van der Waals surface area contributed by atoms with E-state index in [9.17, 15) is 24.3 Å². The number of primary amides is 1. The van der Waals surface area contributed by atoms with Crippen LogP contribution in [0.5, 0.6) is 0 Å². The van der Waals surface area contributed by atoms with Crippen LogP contribution in [0.1, 0.15) is 39.5 Å². The highest BCUT2D eigenvalue weighted by atomic mass is 16.4. The van der Waals surface area contributed by atoms with Gasteiger partial charge in [-0.05, 0) is 31.7 Å². The van der Waals surface area contributed by atoms with Gasteiger partial charge in [-0.2, -0.15) is 0 Å². The fraction of sp³-hybridized carbons (Fsp3) is 0.733. The molecule has 25 heavy (non-hydrogen) atoms. The fourth-order valence-corrected chi connectivity index (χ4v) is 2.00. The molecule has 144 valence electrons. The van der Waals surface area contributed by atoms with Crippen molar-refractivity contribution in [3.63, 3.8) is 0 Å². The number of carboxylic acid groups (broad SMARTS) is 1. The Balaban J connectivity index is 4.99. The van der Waals surface area contributed by atoms with E-state index in [0.717, 1.165) is 0 Å². The zero-order chi connectivity index (χ0) is 19.6. The van der Waals surface area contributed by atoms with Crippen molar-refractivity contribution in [2.45, 2.75) is 57.7 Å². The lowest BCUT2D eigenvalue weighted by atomic mass is 10.0. The first-order valence-corrected chi connectivity index (χ1v) is 8.17. The molecule has 0 unspecified atom stereocenters. The third-order valence-corrected chi connectivity index (χ3v) is 3.62. The zero-order valence-electron chi connectivity index (χ0n) is 14.7. The van der Waals surface area contributed by atoms with Gasteiger partial charge >= 0.3 is 5.97 Å². The molecule has 10 heteroatoms. The van der Waals surface area contributed by atoms with Crippen molar-refractivity contribution >= 4 is 23.7 Å². The summed E-state index contributed by atoms with van der Waals surface area (Å²) in [5, 5.41) is 13.8. The molecule has 0 aromatic rings. The molecule has 0 spiro atoms. The molecule has 0 aromatic carbocycles. The van der Waals surface area contributed by atoms with Gasteiger partial charge in [-0.3, -0.25) is 14.4 Å². The number of rotatable bonds is 12. The highest BCUT2D eigenvalue weighted by Crippen LogP contribution is 2.04. The number of carbonyl (C=O) groups is 4. The summed E-state index contributed by atoms with van der Waals surface area (Å²) in [4.78, 5) is 46.7. The summed E-state index contributed by atoms with van der Waals surface area (Å²) < 4.78 is 0. The second-order valence-electron chi connectivity index (χ2n) is 6.19. The predicted molar refractivity (Wildman–Crippen MR) is 91.0 cm³/mol. The van der Waals surface area contributed by atoms with E-state index in [4.69, 9.17) is 17.2 Å². The first-order chi connectivity index (χ1) is 11.6. The van der Waals surface area contributed by atoms with Crippen molar-refractivity contribution < 1.29 is 24.3 Å². The normalized spacial score (nSPS) is 14.4. The Bertz CT molecular complexity index is 483. The van der Waals surface area contributed by atoms with E-state index in [1.165, 1.54) is 0 Å². The maximum atomic E-state index is 12.3. The van der Waals surface area contributed by atoms with Crippen molar-refractivity contribution in [3.05, 3.63) is 0 Å². The number of unbranched alkanes of at least 4 members (excludes halogenated alkanes) is 1. The van der Waals surface area contributed by atoms with Crippen LogP contribution in [0.3, 0.4) is 0 Å². The molecule has 0 saturated heterocycles. The average Bonchev–Trinajstić information content (AvgIpc) is 2.51. The topological polar surface area (TPSA) is 191 Å². The summed E-state index contributed by atoms with van der Waals surface area (Å²) in [6, 6.07) is -3.31. The first kappa shape index (κ1) is 22.8. The van der Waals surface area contributed by atoms with Gasteiger partial charge in [0, 0.05) is 0 Å². The van der Waals surface area contributed by atoms with Gasteiger partial charge in [0.2, 0.25) is 17.7 Å². The number of carboxylic acids is 1. The van der Waals surface area contributed by atoms with Gasteiger partial charge in [0.05, 0.1) is 12.5 Å². The third-order valence-electron chi connectivity index (χ3n) is 3.62. The lowest BCUT2D eigenvalue weighted by molar-refractivity contribution is -0.142. The molecule has 0 bridgehead atoms. The monoisotopic (exact) mass is 359 g/mol. The molecule has 9 N–H and O–H groups in total. The van der Waals surface area contributed by atoms with Crippen molar-refractivity contribution in [1.82, 2.24) is 10.6 Å². The van der Waals surface area contributed by atoms with E-state index in [1.54, 1.807) is 13.8 Å². The molecule has 0 heterocycles. The standard InChI is InChI=1S/C15H29N5O5/c1-8(2)12(18)14(23)20-10(7-11(17)21)13(22)19-9(15(24)25)5-3-4-6-16/h8-10,12H,3-7,16,18H2,1-2H3,(H2,17,21)(H,19,22)(H,20,23)(H,24,25)/t9-,10-,12-/m0/s1. The van der Waals surface area contributed by atoms with Crippen molar-refractivity contribution in [3.8, 4) is 0 Å². The van der Waals surface area contributed by atoms with Gasteiger partial charge in [-0.1, -0.05) is 13.8 Å². The highest BCUT2D eigenvalue weighted by Gasteiger charge is 2.29. The average molecular weight is 359 g/mol. The molecule has 0 aliphatic carbocycles. The van der Waals surface area contributed by atoms with Crippen molar-refractivity contribution in [1.29, 1.82) is 0 Å². The molecule has 0 fully saturated rings. The van der Waals surface area contributed by atoms with E-state index in [0.29, 0.717) is 19.4 Å². The Labute approximate surface area is 146 Å². The van der Waals surface area contributed by atoms with Crippen LogP contribution in [0.2, 0.25) is 0 Å². The van der Waals surface area contributed by atoms with Crippen molar-refractivity contribution in [2.24, 2.45) is 23.1 Å². The third kappa shape index (κ3) is 9.01. The SMILES string of the molecule is CC(C)[C@H](N)C(=O)N[C@@H](CC(N)=O)C(=O)N[C@@H](CCCCN)C(=O)O. The first-order valence-electron chi connectivity index (χ1n) is 8.17. The fourth-order valence-electron chi connectivity index (χ4n) is 2.00. The molecule has 0 radical (unpaired) electrons. The summed E-state index contributed by atoms with van der Waals surface area (Å²) in [6.45, 7) is 3.87. The van der Waals surface area contributed by atoms with Gasteiger partial charge in [0.1, 0.15) is 12.1 Å². The van der Waals surface area contributed by atoms with Crippen LogP contribution in [0.4, 0.5) is 0 Å². The number of aliphatic carboxylic acids is 1. The predicted octanol–water partition coefficient (Wildman–Crippen LogP) is -1.97. The maximum absolute atomic E-state index is 12.3. The van der Waals surface area contributed by atoms with Crippen LogP contribution in [-0.2, 0) is 19.2 Å². The molecule has 3 amide bonds. The lowest BCUT2D eigenvalue weighted by Crippen LogP contribution is -2.56. The summed E-state index contributed by atoms with van der Waals surface area (Å²) in [5.41, 5.74) is 16.2. The van der Waals surface area contributed by atoms with E-state index in [-0.39, 0.29) is 12.3 Å². The molecule has 0 saturated carbocycles. The van der Waals surface area contributed by atoms with Crippen molar-refractivity contribution in [2.75, 3.05) is 6.54 Å². The zero-order valence-corrected chi connectivity index (χ0v) is 14.7. The Morgan fingerprint density at radius 3 is 2.00 bits per heavy atom. The number of nitrogens with one attached hydrogen (secondary N) is 2. The van der Waals surface area contributed by atoms with Gasteiger partial charge in [-0.25, -0.2) is 4.79 Å². The minimum atomic E-state index is -1.29. The number of hydrogen-bond donors (Lipinski definition) is 6. The van der Waals surface area contributed by atoms with Crippen LogP contribution < -0.4 is 27.8 Å². The molecular weight excluding hydrogens is 330 g/mol. The minimum absolute atomic E-state index is 0.180. The number of nitrogens with two attached hydrogens (primary N) is 3. The second-order valence-corrected chi connectivity index (χ2v) is 6.19. The lowest BCUT2D eigenvalue weighted by Gasteiger charge is -2.23. The van der Waals surface area contributed by atoms with Crippen LogP contribution in [0.25, 0.3) is 0 Å².